The first kappa shape index (κ1) is 23.6. The zero-order chi connectivity index (χ0) is 24.3. The number of nitrogen functional groups attached to an aromatic ring is 1. The normalized spacial score (nSPS) is 22.5. The van der Waals surface area contributed by atoms with Crippen molar-refractivity contribution in [2.75, 3.05) is 12.3 Å². The predicted octanol–water partition coefficient (Wildman–Crippen LogP) is 3.36. The zero-order valence-corrected chi connectivity index (χ0v) is 19.4. The van der Waals surface area contributed by atoms with Gasteiger partial charge in [-0.25, -0.2) is 14.0 Å². The highest BCUT2D eigenvalue weighted by molar-refractivity contribution is 7.33. The van der Waals surface area contributed by atoms with Gasteiger partial charge in [0.25, 0.3) is 0 Å². The second-order valence-electron chi connectivity index (χ2n) is 8.03. The Balaban J connectivity index is 1.58. The van der Waals surface area contributed by atoms with Crippen LogP contribution in [0.2, 0.25) is 0 Å². The lowest BCUT2D eigenvalue weighted by Crippen LogP contribution is -2.45. The number of aromatic nitrogens is 3. The van der Waals surface area contributed by atoms with Crippen LogP contribution in [-0.2, 0) is 23.4 Å². The number of ether oxygens (including phenoxy) is 2. The van der Waals surface area contributed by atoms with E-state index in [1.54, 1.807) is 60.8 Å². The van der Waals surface area contributed by atoms with Gasteiger partial charge in [0.2, 0.25) is 5.60 Å². The van der Waals surface area contributed by atoms with E-state index in [9.17, 15) is 14.6 Å². The average molecular weight is 484 g/mol. The third kappa shape index (κ3) is 4.70. The number of nitrogens with zero attached hydrogens (tertiary/aromatic N) is 4. The fraction of sp³-hybridized carbons (Fsp3) is 0.364. The fourth-order valence-electron chi connectivity index (χ4n) is 3.58. The Kier molecular flexibility index (Phi) is 6.75. The Bertz CT molecular complexity index is 1240. The molecule has 0 saturated carbocycles. The molecule has 2 aromatic heterocycles. The van der Waals surface area contributed by atoms with Gasteiger partial charge in [-0.1, -0.05) is 32.0 Å². The summed E-state index contributed by atoms with van der Waals surface area (Å²) in [4.78, 5) is 16.3. The van der Waals surface area contributed by atoms with Gasteiger partial charge in [-0.15, -0.1) is 4.52 Å². The predicted molar refractivity (Wildman–Crippen MR) is 120 cm³/mol. The summed E-state index contributed by atoms with van der Waals surface area (Å²) in [5.74, 6) is -0.284. The summed E-state index contributed by atoms with van der Waals surface area (Å²) >= 11 is 0. The maximum atomic E-state index is 12.4. The molecule has 1 aromatic carbocycles. The minimum Gasteiger partial charge on any atom is -0.458 e. The van der Waals surface area contributed by atoms with Crippen LogP contribution in [0.4, 0.5) is 5.82 Å². The highest BCUT2D eigenvalue weighted by atomic mass is 31.1. The molecule has 3 heterocycles. The number of carbonyl (C=O) groups excluding carboxylic acids is 1. The number of rotatable bonds is 8. The molecule has 34 heavy (non-hydrogen) atoms. The third-order valence-electron chi connectivity index (χ3n) is 5.37. The fourth-order valence-corrected chi connectivity index (χ4v) is 4.22. The lowest BCUT2D eigenvalue weighted by Gasteiger charge is -2.25. The van der Waals surface area contributed by atoms with Gasteiger partial charge in [-0.3, -0.25) is 4.79 Å². The summed E-state index contributed by atoms with van der Waals surface area (Å²) in [5.41, 5.74) is 5.36. The van der Waals surface area contributed by atoms with Crippen molar-refractivity contribution in [1.29, 1.82) is 5.26 Å². The zero-order valence-electron chi connectivity index (χ0n) is 18.5. The number of hydrogen-bond donors (Lipinski definition) is 1. The molecule has 1 fully saturated rings. The highest BCUT2D eigenvalue weighted by Crippen LogP contribution is 2.43. The molecule has 1 aliphatic heterocycles. The summed E-state index contributed by atoms with van der Waals surface area (Å²) in [6, 6.07) is 14.0. The third-order valence-corrected chi connectivity index (χ3v) is 6.07. The summed E-state index contributed by atoms with van der Waals surface area (Å²) in [5, 5.41) is 14.3. The molecule has 0 aliphatic carbocycles. The molecule has 1 unspecified atom stereocenters. The Morgan fingerprint density at radius 2 is 2.12 bits per heavy atom. The Morgan fingerprint density at radius 1 is 1.35 bits per heavy atom. The van der Waals surface area contributed by atoms with Crippen LogP contribution in [0, 0.1) is 17.2 Å². The average Bonchev–Trinajstić information content (AvgIpc) is 3.41. The first-order chi connectivity index (χ1) is 16.3. The van der Waals surface area contributed by atoms with E-state index in [0.29, 0.717) is 17.0 Å². The number of carbonyl (C=O) groups is 1. The van der Waals surface area contributed by atoms with E-state index >= 15 is 0 Å². The van der Waals surface area contributed by atoms with Crippen LogP contribution in [0.5, 0.6) is 5.75 Å². The van der Waals surface area contributed by atoms with E-state index in [1.165, 1.54) is 6.33 Å². The van der Waals surface area contributed by atoms with E-state index in [4.69, 9.17) is 24.3 Å². The highest BCUT2D eigenvalue weighted by Gasteiger charge is 2.55. The lowest BCUT2D eigenvalue weighted by molar-refractivity contribution is -0.161. The van der Waals surface area contributed by atoms with Gasteiger partial charge < -0.3 is 15.2 Å². The lowest BCUT2D eigenvalue weighted by atomic mass is 9.98. The molecule has 1 saturated heterocycles. The molecule has 0 bridgehead atoms. The van der Waals surface area contributed by atoms with Gasteiger partial charge in [0.15, 0.2) is 18.2 Å². The van der Waals surface area contributed by atoms with Crippen molar-refractivity contribution in [2.24, 2.45) is 5.92 Å². The summed E-state index contributed by atoms with van der Waals surface area (Å²) in [6.45, 7) is 2.93. The van der Waals surface area contributed by atoms with E-state index in [0.717, 1.165) is 0 Å². The number of hydrogen-bond acceptors (Lipinski definition) is 10. The SMILES string of the molecule is CC(C)C(=O)O[C@H]1C[C@H](c2ccc3c(N)ncnn23)O[C@]1(C#N)CO[P+](=O)Oc1ccccc1. The maximum Gasteiger partial charge on any atom is 0.750 e. The summed E-state index contributed by atoms with van der Waals surface area (Å²) in [7, 11) is -2.62. The molecule has 0 radical (unpaired) electrons. The van der Waals surface area contributed by atoms with Gasteiger partial charge in [0, 0.05) is 11.0 Å². The van der Waals surface area contributed by atoms with Crippen molar-refractivity contribution in [1.82, 2.24) is 14.6 Å². The van der Waals surface area contributed by atoms with E-state index in [-0.39, 0.29) is 12.2 Å². The number of esters is 1. The Hall–Kier alpha value is -3.58. The minimum absolute atomic E-state index is 0.154. The number of anilines is 1. The van der Waals surface area contributed by atoms with Gasteiger partial charge in [0.05, 0.1) is 11.6 Å². The van der Waals surface area contributed by atoms with Gasteiger partial charge in [0.1, 0.15) is 30.1 Å². The summed E-state index contributed by atoms with van der Waals surface area (Å²) in [6.07, 6.45) is -0.203. The van der Waals surface area contributed by atoms with E-state index < -0.39 is 44.6 Å². The largest absolute Gasteiger partial charge is 0.750 e. The van der Waals surface area contributed by atoms with Gasteiger partial charge in [-0.2, -0.15) is 10.4 Å². The number of nitrogens with two attached hydrogens (primary N) is 1. The molecule has 2 N–H and O–H groups in total. The maximum absolute atomic E-state index is 12.4. The van der Waals surface area contributed by atoms with Crippen molar-refractivity contribution in [3.05, 3.63) is 54.5 Å². The first-order valence-electron chi connectivity index (χ1n) is 10.5. The molecule has 12 heteroatoms. The molecular weight excluding hydrogens is 461 g/mol. The van der Waals surface area contributed by atoms with Crippen LogP contribution in [0.25, 0.3) is 5.52 Å². The standard InChI is InChI=1S/C22H23N5O6P/c1-14(2)21(28)31-19-10-18(16-8-9-17-20(24)25-13-26-27(16)17)32-22(19,11-23)12-30-34(29)33-15-6-4-3-5-7-15/h3-9,13-14,18-19H,10,12H2,1-2H3,(H2,24,25,26)/q+1/t18-,19+,22-/m1/s1. The van der Waals surface area contributed by atoms with Crippen molar-refractivity contribution >= 4 is 25.6 Å². The van der Waals surface area contributed by atoms with Gasteiger partial charge >= 0.3 is 14.2 Å². The van der Waals surface area contributed by atoms with E-state index in [2.05, 4.69) is 16.2 Å². The number of para-hydroxylation sites is 1. The quantitative estimate of drug-likeness (QED) is 0.372. The van der Waals surface area contributed by atoms with Crippen LogP contribution in [0.1, 0.15) is 32.1 Å². The molecular formula is C22H23N5O6P+. The van der Waals surface area contributed by atoms with Crippen LogP contribution in [0.15, 0.2) is 48.8 Å². The van der Waals surface area contributed by atoms with Crippen molar-refractivity contribution in [2.45, 2.75) is 38.1 Å². The second kappa shape index (κ2) is 9.73. The van der Waals surface area contributed by atoms with Crippen LogP contribution in [-0.4, -0.2) is 38.9 Å². The molecule has 11 nitrogen and oxygen atoms in total. The van der Waals surface area contributed by atoms with Gasteiger partial charge in [-0.05, 0) is 24.3 Å². The topological polar surface area (TPSA) is 151 Å². The molecule has 3 aromatic rings. The molecule has 0 spiro atoms. The van der Waals surface area contributed by atoms with Crippen molar-refractivity contribution < 1.29 is 27.9 Å². The molecule has 176 valence electrons. The number of benzene rings is 1. The smallest absolute Gasteiger partial charge is 0.458 e. The number of fused-ring (bicyclic) bond motifs is 1. The second-order valence-corrected chi connectivity index (χ2v) is 8.91. The van der Waals surface area contributed by atoms with E-state index in [1.807, 2.05) is 0 Å². The van der Waals surface area contributed by atoms with Crippen molar-refractivity contribution in [3.63, 3.8) is 0 Å². The van der Waals surface area contributed by atoms with Crippen LogP contribution in [0.3, 0.4) is 0 Å². The molecule has 1 aliphatic rings. The molecule has 0 amide bonds. The Morgan fingerprint density at radius 3 is 2.82 bits per heavy atom. The molecule has 4 atom stereocenters. The van der Waals surface area contributed by atoms with Crippen LogP contribution >= 0.6 is 8.25 Å². The monoisotopic (exact) mass is 484 g/mol. The van der Waals surface area contributed by atoms with Crippen molar-refractivity contribution in [3.8, 4) is 11.8 Å². The number of nitriles is 1. The van der Waals surface area contributed by atoms with Crippen LogP contribution < -0.4 is 10.3 Å². The summed E-state index contributed by atoms with van der Waals surface area (Å²) < 4.78 is 36.3. The minimum atomic E-state index is -2.62. The molecule has 4 rings (SSSR count). The first-order valence-corrected chi connectivity index (χ1v) is 11.6. The Labute approximate surface area is 196 Å².